The van der Waals surface area contributed by atoms with Gasteiger partial charge in [0.25, 0.3) is 0 Å². The molecule has 2 aliphatic heterocycles. The molecule has 0 amide bonds. The van der Waals surface area contributed by atoms with Gasteiger partial charge in [-0.15, -0.1) is 5.10 Å². The van der Waals surface area contributed by atoms with Crippen molar-refractivity contribution < 1.29 is 0 Å². The lowest BCUT2D eigenvalue weighted by Crippen LogP contribution is -2.42. The zero-order valence-corrected chi connectivity index (χ0v) is 14.0. The van der Waals surface area contributed by atoms with Crippen LogP contribution in [0.4, 0.5) is 11.8 Å². The molecule has 2 atom stereocenters. The second-order valence-electron chi connectivity index (χ2n) is 6.62. The van der Waals surface area contributed by atoms with Crippen LogP contribution in [-0.2, 0) is 0 Å². The van der Waals surface area contributed by atoms with Crippen LogP contribution in [0.2, 0.25) is 0 Å². The summed E-state index contributed by atoms with van der Waals surface area (Å²) in [4.78, 5) is 9.73. The molecule has 3 heterocycles. The van der Waals surface area contributed by atoms with Gasteiger partial charge in [0, 0.05) is 25.2 Å². The summed E-state index contributed by atoms with van der Waals surface area (Å²) in [7, 11) is 0. The van der Waals surface area contributed by atoms with Gasteiger partial charge in [0.15, 0.2) is 5.82 Å². The van der Waals surface area contributed by atoms with Crippen molar-refractivity contribution in [3.63, 3.8) is 0 Å². The molecule has 1 aromatic heterocycles. The van der Waals surface area contributed by atoms with E-state index in [1.807, 2.05) is 6.20 Å². The summed E-state index contributed by atoms with van der Waals surface area (Å²) in [5.74, 6) is 1.86. The third kappa shape index (κ3) is 3.18. The zero-order valence-electron chi connectivity index (χ0n) is 14.0. The normalized spacial score (nSPS) is 26.3. The summed E-state index contributed by atoms with van der Waals surface area (Å²) in [5, 5.41) is 8.62. The van der Waals surface area contributed by atoms with Gasteiger partial charge in [-0.3, -0.25) is 0 Å². The van der Waals surface area contributed by atoms with Crippen molar-refractivity contribution in [2.24, 2.45) is 0 Å². The average Bonchev–Trinajstić information content (AvgIpc) is 2.61. The number of hydrogen-bond donors (Lipinski definition) is 0. The maximum absolute atomic E-state index is 4.89. The van der Waals surface area contributed by atoms with E-state index >= 15 is 0 Å². The molecule has 5 nitrogen and oxygen atoms in total. The van der Waals surface area contributed by atoms with E-state index in [1.165, 1.54) is 44.9 Å². The smallest absolute Gasteiger partial charge is 0.247 e. The van der Waals surface area contributed by atoms with E-state index < -0.39 is 0 Å². The number of aromatic nitrogens is 3. The molecule has 5 heteroatoms. The van der Waals surface area contributed by atoms with Crippen LogP contribution in [-0.4, -0.2) is 40.4 Å². The van der Waals surface area contributed by atoms with Crippen molar-refractivity contribution in [3.8, 4) is 0 Å². The van der Waals surface area contributed by atoms with E-state index in [2.05, 4.69) is 33.8 Å². The molecule has 0 aromatic carbocycles. The van der Waals surface area contributed by atoms with E-state index in [0.29, 0.717) is 12.1 Å². The second-order valence-corrected chi connectivity index (χ2v) is 6.62. The molecule has 2 aliphatic rings. The molecule has 3 rings (SSSR count). The van der Waals surface area contributed by atoms with Crippen molar-refractivity contribution in [3.05, 3.63) is 6.20 Å². The monoisotopic (exact) mass is 303 g/mol. The Labute approximate surface area is 134 Å². The second kappa shape index (κ2) is 7.25. The van der Waals surface area contributed by atoms with Gasteiger partial charge >= 0.3 is 0 Å². The van der Waals surface area contributed by atoms with Gasteiger partial charge < -0.3 is 9.80 Å². The molecule has 22 heavy (non-hydrogen) atoms. The third-order valence-electron chi connectivity index (χ3n) is 5.28. The topological polar surface area (TPSA) is 45.2 Å². The first-order valence-corrected chi connectivity index (χ1v) is 9.06. The van der Waals surface area contributed by atoms with Gasteiger partial charge in [0.1, 0.15) is 0 Å². The fourth-order valence-electron chi connectivity index (χ4n) is 3.96. The van der Waals surface area contributed by atoms with Gasteiger partial charge in [0.2, 0.25) is 5.95 Å². The molecule has 2 unspecified atom stereocenters. The molecule has 0 spiro atoms. The molecular formula is C17H29N5. The number of anilines is 2. The highest BCUT2D eigenvalue weighted by molar-refractivity contribution is 5.43. The SMILES string of the molecule is CCC1CCCCN1c1cnnc(N2CCCCC2CC)n1. The van der Waals surface area contributed by atoms with Crippen molar-refractivity contribution in [1.82, 2.24) is 15.2 Å². The first kappa shape index (κ1) is 15.5. The molecule has 2 fully saturated rings. The highest BCUT2D eigenvalue weighted by Crippen LogP contribution is 2.27. The van der Waals surface area contributed by atoms with Gasteiger partial charge in [0.05, 0.1) is 6.20 Å². The highest BCUT2D eigenvalue weighted by atomic mass is 15.4. The van der Waals surface area contributed by atoms with E-state index in [9.17, 15) is 0 Å². The van der Waals surface area contributed by atoms with Gasteiger partial charge in [-0.05, 0) is 51.4 Å². The predicted molar refractivity (Wildman–Crippen MR) is 90.4 cm³/mol. The van der Waals surface area contributed by atoms with Crippen LogP contribution in [0.5, 0.6) is 0 Å². The first-order chi connectivity index (χ1) is 10.8. The summed E-state index contributed by atoms with van der Waals surface area (Å²) >= 11 is 0. The fraction of sp³-hybridized carbons (Fsp3) is 0.824. The third-order valence-corrected chi connectivity index (χ3v) is 5.28. The Morgan fingerprint density at radius 2 is 1.59 bits per heavy atom. The van der Waals surface area contributed by atoms with Gasteiger partial charge in [-0.25, -0.2) is 0 Å². The lowest BCUT2D eigenvalue weighted by atomic mass is 10.00. The number of nitrogens with zero attached hydrogens (tertiary/aromatic N) is 5. The van der Waals surface area contributed by atoms with Gasteiger partial charge in [-0.1, -0.05) is 13.8 Å². The number of rotatable bonds is 4. The zero-order chi connectivity index (χ0) is 15.4. The molecule has 0 radical (unpaired) electrons. The lowest BCUT2D eigenvalue weighted by Gasteiger charge is -2.38. The Kier molecular flexibility index (Phi) is 5.11. The highest BCUT2D eigenvalue weighted by Gasteiger charge is 2.26. The minimum absolute atomic E-state index is 0.578. The molecule has 0 bridgehead atoms. The van der Waals surface area contributed by atoms with E-state index in [0.717, 1.165) is 31.3 Å². The maximum atomic E-state index is 4.89. The summed E-state index contributed by atoms with van der Waals surface area (Å²) in [6, 6.07) is 1.19. The molecule has 2 saturated heterocycles. The van der Waals surface area contributed by atoms with Crippen LogP contribution in [0.3, 0.4) is 0 Å². The number of piperidine rings is 2. The molecule has 0 aliphatic carbocycles. The van der Waals surface area contributed by atoms with E-state index in [-0.39, 0.29) is 0 Å². The van der Waals surface area contributed by atoms with Crippen LogP contribution >= 0.6 is 0 Å². The first-order valence-electron chi connectivity index (χ1n) is 9.06. The van der Waals surface area contributed by atoms with Crippen molar-refractivity contribution in [2.45, 2.75) is 77.3 Å². The molecule has 0 saturated carbocycles. The minimum Gasteiger partial charge on any atom is -0.352 e. The lowest BCUT2D eigenvalue weighted by molar-refractivity contribution is 0.435. The Hall–Kier alpha value is -1.39. The quantitative estimate of drug-likeness (QED) is 0.853. The minimum atomic E-state index is 0.578. The molecule has 0 N–H and O–H groups in total. The van der Waals surface area contributed by atoms with Crippen LogP contribution in [0.1, 0.15) is 65.2 Å². The molecule has 122 valence electrons. The summed E-state index contributed by atoms with van der Waals surface area (Å²) in [5.41, 5.74) is 0. The van der Waals surface area contributed by atoms with Crippen LogP contribution < -0.4 is 9.80 Å². The van der Waals surface area contributed by atoms with E-state index in [4.69, 9.17) is 4.98 Å². The Balaban J connectivity index is 1.82. The van der Waals surface area contributed by atoms with Gasteiger partial charge in [-0.2, -0.15) is 10.1 Å². The average molecular weight is 303 g/mol. The fourth-order valence-corrected chi connectivity index (χ4v) is 3.96. The summed E-state index contributed by atoms with van der Waals surface area (Å²) in [6.45, 7) is 6.71. The Morgan fingerprint density at radius 1 is 0.955 bits per heavy atom. The van der Waals surface area contributed by atoms with Crippen molar-refractivity contribution in [1.29, 1.82) is 0 Å². The van der Waals surface area contributed by atoms with Crippen LogP contribution in [0, 0.1) is 0 Å². The maximum Gasteiger partial charge on any atom is 0.247 e. The van der Waals surface area contributed by atoms with Crippen LogP contribution in [0.25, 0.3) is 0 Å². The van der Waals surface area contributed by atoms with Crippen molar-refractivity contribution >= 4 is 11.8 Å². The predicted octanol–water partition coefficient (Wildman–Crippen LogP) is 3.41. The summed E-state index contributed by atoms with van der Waals surface area (Å²) < 4.78 is 0. The standard InChI is InChI=1S/C17H29N5/c1-3-14-9-5-7-11-21(14)16-13-18-20-17(19-16)22-12-8-6-10-15(22)4-2/h13-15H,3-12H2,1-2H3. The molecule has 1 aromatic rings. The van der Waals surface area contributed by atoms with Crippen molar-refractivity contribution in [2.75, 3.05) is 22.9 Å². The molecular weight excluding hydrogens is 274 g/mol. The Bertz CT molecular complexity index is 439. The van der Waals surface area contributed by atoms with E-state index in [1.54, 1.807) is 0 Å². The summed E-state index contributed by atoms with van der Waals surface area (Å²) in [6.07, 6.45) is 11.9. The largest absolute Gasteiger partial charge is 0.352 e. The van der Waals surface area contributed by atoms with Crippen LogP contribution in [0.15, 0.2) is 6.20 Å². The Morgan fingerprint density at radius 3 is 2.27 bits per heavy atom. The number of hydrogen-bond acceptors (Lipinski definition) is 5.